The van der Waals surface area contributed by atoms with E-state index in [9.17, 15) is 4.79 Å². The van der Waals surface area contributed by atoms with E-state index in [1.165, 1.54) is 6.42 Å². The number of aliphatic imine (C=N–C) groups is 1. The van der Waals surface area contributed by atoms with Gasteiger partial charge in [0.2, 0.25) is 5.91 Å². The average Bonchev–Trinajstić information content (AvgIpc) is 3.23. The number of nitrogens with one attached hydrogen (secondary N) is 3. The Kier molecular flexibility index (Phi) is 11.8. The summed E-state index contributed by atoms with van der Waals surface area (Å²) < 4.78 is 0. The molecule has 0 aliphatic heterocycles. The maximum atomic E-state index is 11.5. The van der Waals surface area contributed by atoms with Gasteiger partial charge in [-0.3, -0.25) is 9.79 Å². The van der Waals surface area contributed by atoms with Crippen LogP contribution in [0, 0.1) is 11.8 Å². The number of amides is 1. The van der Waals surface area contributed by atoms with Crippen LogP contribution in [-0.4, -0.2) is 38.0 Å². The van der Waals surface area contributed by atoms with Gasteiger partial charge in [-0.15, -0.1) is 24.0 Å². The normalized spacial score (nSPS) is 14.6. The van der Waals surface area contributed by atoms with Crippen molar-refractivity contribution in [1.82, 2.24) is 16.0 Å². The number of hydrogen-bond acceptors (Lipinski definition) is 2. The molecule has 21 heavy (non-hydrogen) atoms. The van der Waals surface area contributed by atoms with Gasteiger partial charge in [-0.1, -0.05) is 13.8 Å². The van der Waals surface area contributed by atoms with Gasteiger partial charge in [0.05, 0.1) is 0 Å². The number of hydrogen-bond donors (Lipinski definition) is 3. The summed E-state index contributed by atoms with van der Waals surface area (Å²) in [7, 11) is 0. The van der Waals surface area contributed by atoms with Crippen LogP contribution in [0.15, 0.2) is 4.99 Å². The lowest BCUT2D eigenvalue weighted by atomic mass is 10.1. The molecule has 0 heterocycles. The van der Waals surface area contributed by atoms with E-state index in [-0.39, 0.29) is 35.8 Å². The van der Waals surface area contributed by atoms with E-state index in [0.29, 0.717) is 13.1 Å². The smallest absolute Gasteiger partial charge is 0.223 e. The summed E-state index contributed by atoms with van der Waals surface area (Å²) in [6, 6.07) is 0. The third-order valence-electron chi connectivity index (χ3n) is 3.22. The fraction of sp³-hybridized carbons (Fsp3) is 0.867. The zero-order valence-electron chi connectivity index (χ0n) is 13.6. The van der Waals surface area contributed by atoms with Gasteiger partial charge >= 0.3 is 0 Å². The Bertz CT molecular complexity index is 317. The minimum Gasteiger partial charge on any atom is -0.357 e. The number of carbonyl (C=O) groups is 1. The van der Waals surface area contributed by atoms with Crippen molar-refractivity contribution in [2.24, 2.45) is 16.8 Å². The van der Waals surface area contributed by atoms with Crippen molar-refractivity contribution in [2.45, 2.75) is 46.5 Å². The Labute approximate surface area is 146 Å². The van der Waals surface area contributed by atoms with E-state index < -0.39 is 0 Å². The van der Waals surface area contributed by atoms with Crippen LogP contribution in [0.5, 0.6) is 0 Å². The van der Waals surface area contributed by atoms with Crippen molar-refractivity contribution in [1.29, 1.82) is 0 Å². The first-order valence-electron chi connectivity index (χ1n) is 7.93. The number of rotatable bonds is 9. The fourth-order valence-corrected chi connectivity index (χ4v) is 1.89. The van der Waals surface area contributed by atoms with E-state index in [1.54, 1.807) is 0 Å². The molecule has 0 aromatic rings. The molecule has 1 amide bonds. The Morgan fingerprint density at radius 3 is 2.43 bits per heavy atom. The first kappa shape index (κ1) is 20.5. The standard InChI is InChI=1S/C15H30N4O.HI/c1-4-16-15(18-9-5-6-12(2)3)19-11-10-17-14(20)13-7-8-13;/h12-13H,4-11H2,1-3H3,(H,17,20)(H2,16,18,19);1H. The molecule has 0 unspecified atom stereocenters. The van der Waals surface area contributed by atoms with Gasteiger partial charge < -0.3 is 16.0 Å². The number of halogens is 1. The molecule has 6 heteroatoms. The molecule has 1 aliphatic rings. The zero-order valence-corrected chi connectivity index (χ0v) is 15.9. The lowest BCUT2D eigenvalue weighted by Crippen LogP contribution is -2.41. The maximum absolute atomic E-state index is 11.5. The Hall–Kier alpha value is -0.530. The minimum atomic E-state index is 0. The van der Waals surface area contributed by atoms with Gasteiger partial charge in [0, 0.05) is 32.1 Å². The van der Waals surface area contributed by atoms with E-state index in [4.69, 9.17) is 0 Å². The Morgan fingerprint density at radius 2 is 1.86 bits per heavy atom. The molecule has 1 fully saturated rings. The van der Waals surface area contributed by atoms with Gasteiger partial charge in [-0.05, 0) is 38.5 Å². The Balaban J connectivity index is 0.00000400. The van der Waals surface area contributed by atoms with E-state index in [1.807, 2.05) is 0 Å². The monoisotopic (exact) mass is 410 g/mol. The highest BCUT2D eigenvalue weighted by Gasteiger charge is 2.28. The van der Waals surface area contributed by atoms with Gasteiger partial charge in [0.25, 0.3) is 0 Å². The summed E-state index contributed by atoms with van der Waals surface area (Å²) in [4.78, 5) is 16.0. The van der Waals surface area contributed by atoms with Crippen molar-refractivity contribution in [3.05, 3.63) is 0 Å². The number of nitrogens with zero attached hydrogens (tertiary/aromatic N) is 1. The second-order valence-electron chi connectivity index (χ2n) is 5.79. The number of carbonyl (C=O) groups excluding carboxylic acids is 1. The topological polar surface area (TPSA) is 65.5 Å². The van der Waals surface area contributed by atoms with Crippen molar-refractivity contribution < 1.29 is 4.79 Å². The predicted molar refractivity (Wildman–Crippen MR) is 99.2 cm³/mol. The average molecular weight is 410 g/mol. The molecule has 3 N–H and O–H groups in total. The summed E-state index contributed by atoms with van der Waals surface area (Å²) in [6.45, 7) is 9.60. The van der Waals surface area contributed by atoms with Crippen molar-refractivity contribution in [3.8, 4) is 0 Å². The molecule has 0 radical (unpaired) electrons. The van der Waals surface area contributed by atoms with Gasteiger partial charge in [0.15, 0.2) is 5.96 Å². The molecular weight excluding hydrogens is 379 g/mol. The molecule has 1 rings (SSSR count). The molecule has 0 aromatic heterocycles. The zero-order chi connectivity index (χ0) is 14.8. The quantitative estimate of drug-likeness (QED) is 0.236. The molecule has 0 bridgehead atoms. The second-order valence-corrected chi connectivity index (χ2v) is 5.79. The van der Waals surface area contributed by atoms with Gasteiger partial charge in [0.1, 0.15) is 0 Å². The van der Waals surface area contributed by atoms with Crippen molar-refractivity contribution in [2.75, 3.05) is 26.2 Å². The van der Waals surface area contributed by atoms with Crippen LogP contribution in [0.3, 0.4) is 0 Å². The van der Waals surface area contributed by atoms with Crippen molar-refractivity contribution in [3.63, 3.8) is 0 Å². The van der Waals surface area contributed by atoms with E-state index >= 15 is 0 Å². The number of guanidine groups is 1. The van der Waals surface area contributed by atoms with Gasteiger partial charge in [-0.2, -0.15) is 0 Å². The predicted octanol–water partition coefficient (Wildman–Crippen LogP) is 2.12. The summed E-state index contributed by atoms with van der Waals surface area (Å²) in [5.41, 5.74) is 0. The van der Waals surface area contributed by atoms with E-state index in [2.05, 4.69) is 41.7 Å². The largest absolute Gasteiger partial charge is 0.357 e. The third-order valence-corrected chi connectivity index (χ3v) is 3.22. The van der Waals surface area contributed by atoms with E-state index in [0.717, 1.165) is 44.2 Å². The summed E-state index contributed by atoms with van der Waals surface area (Å²) in [5, 5.41) is 9.41. The molecule has 0 saturated heterocycles. The second kappa shape index (κ2) is 12.1. The summed E-state index contributed by atoms with van der Waals surface area (Å²) in [5.74, 6) is 2.06. The highest BCUT2D eigenvalue weighted by Crippen LogP contribution is 2.28. The molecule has 1 aliphatic carbocycles. The van der Waals surface area contributed by atoms with Crippen LogP contribution < -0.4 is 16.0 Å². The molecule has 5 nitrogen and oxygen atoms in total. The van der Waals surface area contributed by atoms with Crippen LogP contribution >= 0.6 is 24.0 Å². The van der Waals surface area contributed by atoms with Crippen LogP contribution in [0.2, 0.25) is 0 Å². The molecule has 1 saturated carbocycles. The summed E-state index contributed by atoms with van der Waals surface area (Å²) >= 11 is 0. The van der Waals surface area contributed by atoms with Crippen LogP contribution in [-0.2, 0) is 4.79 Å². The van der Waals surface area contributed by atoms with Gasteiger partial charge in [-0.25, -0.2) is 0 Å². The first-order chi connectivity index (χ1) is 9.63. The third kappa shape index (κ3) is 10.8. The molecule has 0 spiro atoms. The molecular formula is C15H31IN4O. The molecule has 124 valence electrons. The SMILES string of the molecule is CCNC(=NCCCC(C)C)NCCNC(=O)C1CC1.I. The van der Waals surface area contributed by atoms with Crippen LogP contribution in [0.25, 0.3) is 0 Å². The maximum Gasteiger partial charge on any atom is 0.223 e. The lowest BCUT2D eigenvalue weighted by molar-refractivity contribution is -0.122. The summed E-state index contributed by atoms with van der Waals surface area (Å²) in [6.07, 6.45) is 4.44. The van der Waals surface area contributed by atoms with Crippen molar-refractivity contribution >= 4 is 35.8 Å². The molecule has 0 aromatic carbocycles. The molecule has 0 atom stereocenters. The fourth-order valence-electron chi connectivity index (χ4n) is 1.89. The highest BCUT2D eigenvalue weighted by molar-refractivity contribution is 14.0. The Morgan fingerprint density at radius 1 is 1.19 bits per heavy atom. The lowest BCUT2D eigenvalue weighted by Gasteiger charge is -2.12. The highest BCUT2D eigenvalue weighted by atomic mass is 127. The first-order valence-corrected chi connectivity index (χ1v) is 7.93. The van der Waals surface area contributed by atoms with Crippen LogP contribution in [0.4, 0.5) is 0 Å². The minimum absolute atomic E-state index is 0. The van der Waals surface area contributed by atoms with Crippen LogP contribution in [0.1, 0.15) is 46.5 Å².